The number of carbonyl (C=O) groups excluding carboxylic acids is 1. The van der Waals surface area contributed by atoms with Crippen LogP contribution in [0.25, 0.3) is 0 Å². The maximum Gasteiger partial charge on any atom is 0.264 e. The number of anilines is 1. The first-order valence-electron chi connectivity index (χ1n) is 9.19. The second-order valence-electron chi connectivity index (χ2n) is 7.25. The standard InChI is InChI=1S/C19H25N3O4S/c1-14(2)19(26-3)16-13-15(27(24,25)21-10-4-5-11-21)7-8-17(16)22(18(19)23)12-6-9-20/h7-8,13-14H,4-6,10-12H2,1-3H3. The Kier molecular flexibility index (Phi) is 5.30. The lowest BCUT2D eigenvalue weighted by molar-refractivity contribution is -0.145. The van der Waals surface area contributed by atoms with E-state index < -0.39 is 15.6 Å². The maximum absolute atomic E-state index is 13.2. The molecule has 7 nitrogen and oxygen atoms in total. The van der Waals surface area contributed by atoms with Crippen molar-refractivity contribution in [1.82, 2.24) is 4.31 Å². The summed E-state index contributed by atoms with van der Waals surface area (Å²) in [4.78, 5) is 14.9. The van der Waals surface area contributed by atoms with Gasteiger partial charge in [-0.2, -0.15) is 9.57 Å². The minimum absolute atomic E-state index is 0.181. The van der Waals surface area contributed by atoms with Crippen molar-refractivity contribution in [3.63, 3.8) is 0 Å². The average molecular weight is 391 g/mol. The highest BCUT2D eigenvalue weighted by atomic mass is 32.2. The van der Waals surface area contributed by atoms with E-state index in [1.54, 1.807) is 18.2 Å². The van der Waals surface area contributed by atoms with Crippen LogP contribution in [-0.4, -0.2) is 45.4 Å². The van der Waals surface area contributed by atoms with Gasteiger partial charge in [-0.05, 0) is 37.0 Å². The number of rotatable bonds is 6. The first-order chi connectivity index (χ1) is 12.8. The van der Waals surface area contributed by atoms with Crippen molar-refractivity contribution < 1.29 is 17.9 Å². The minimum atomic E-state index is -3.60. The Morgan fingerprint density at radius 1 is 1.30 bits per heavy atom. The Morgan fingerprint density at radius 3 is 2.52 bits per heavy atom. The van der Waals surface area contributed by atoms with E-state index in [-0.39, 0.29) is 29.7 Å². The zero-order valence-corrected chi connectivity index (χ0v) is 16.8. The van der Waals surface area contributed by atoms with Gasteiger partial charge in [0.1, 0.15) is 0 Å². The number of amides is 1. The number of hydrogen-bond acceptors (Lipinski definition) is 5. The van der Waals surface area contributed by atoms with Gasteiger partial charge in [0.25, 0.3) is 5.91 Å². The van der Waals surface area contributed by atoms with E-state index in [4.69, 9.17) is 10.00 Å². The smallest absolute Gasteiger partial charge is 0.264 e. The van der Waals surface area contributed by atoms with Crippen LogP contribution in [0.15, 0.2) is 23.1 Å². The molecule has 2 aliphatic heterocycles. The molecule has 0 spiro atoms. The summed E-state index contributed by atoms with van der Waals surface area (Å²) in [6.45, 7) is 5.04. The molecule has 0 saturated carbocycles. The Balaban J connectivity index is 2.14. The molecule has 0 aromatic heterocycles. The summed E-state index contributed by atoms with van der Waals surface area (Å²) in [6.07, 6.45) is 1.91. The zero-order chi connectivity index (χ0) is 19.8. The molecule has 2 heterocycles. The molecule has 0 aliphatic carbocycles. The SMILES string of the molecule is COC1(C(C)C)C(=O)N(CCC#N)c2ccc(S(=O)(=O)N3CCCC3)cc21. The predicted octanol–water partition coefficient (Wildman–Crippen LogP) is 2.23. The molecule has 1 aromatic carbocycles. The van der Waals surface area contributed by atoms with Crippen LogP contribution < -0.4 is 4.90 Å². The zero-order valence-electron chi connectivity index (χ0n) is 15.9. The van der Waals surface area contributed by atoms with E-state index in [0.29, 0.717) is 24.3 Å². The summed E-state index contributed by atoms with van der Waals surface area (Å²) in [5, 5.41) is 8.93. The minimum Gasteiger partial charge on any atom is -0.363 e. The fourth-order valence-corrected chi connectivity index (χ4v) is 5.63. The van der Waals surface area contributed by atoms with Gasteiger partial charge in [0.2, 0.25) is 10.0 Å². The fraction of sp³-hybridized carbons (Fsp3) is 0.579. The van der Waals surface area contributed by atoms with Crippen molar-refractivity contribution in [2.45, 2.75) is 43.6 Å². The second-order valence-corrected chi connectivity index (χ2v) is 9.19. The van der Waals surface area contributed by atoms with E-state index in [2.05, 4.69) is 6.07 Å². The molecule has 1 saturated heterocycles. The molecule has 0 radical (unpaired) electrons. The van der Waals surface area contributed by atoms with Gasteiger partial charge in [0.15, 0.2) is 5.60 Å². The molecule has 1 amide bonds. The summed E-state index contributed by atoms with van der Waals surface area (Å²) in [5.41, 5.74) is -0.0733. The Labute approximate surface area is 160 Å². The summed E-state index contributed by atoms with van der Waals surface area (Å²) < 4.78 is 33.2. The number of hydrogen-bond donors (Lipinski definition) is 0. The molecule has 0 bridgehead atoms. The summed E-state index contributed by atoms with van der Waals surface area (Å²) in [6, 6.07) is 6.85. The fourth-order valence-electron chi connectivity index (χ4n) is 4.09. The molecule has 0 N–H and O–H groups in total. The summed E-state index contributed by atoms with van der Waals surface area (Å²) in [7, 11) is -2.13. The Hall–Kier alpha value is -1.95. The third-order valence-corrected chi connectivity index (χ3v) is 7.40. The lowest BCUT2D eigenvalue weighted by Crippen LogP contribution is -2.45. The van der Waals surface area contributed by atoms with Gasteiger partial charge in [-0.3, -0.25) is 4.79 Å². The van der Waals surface area contributed by atoms with E-state index >= 15 is 0 Å². The average Bonchev–Trinajstić information content (AvgIpc) is 3.25. The molecule has 1 aromatic rings. The van der Waals surface area contributed by atoms with Gasteiger partial charge < -0.3 is 9.64 Å². The normalized spacial score (nSPS) is 23.1. The number of methoxy groups -OCH3 is 1. The number of carbonyl (C=O) groups is 1. The van der Waals surface area contributed by atoms with Crippen LogP contribution in [0.4, 0.5) is 5.69 Å². The van der Waals surface area contributed by atoms with Crippen molar-refractivity contribution in [3.8, 4) is 6.07 Å². The van der Waals surface area contributed by atoms with Crippen molar-refractivity contribution in [2.75, 3.05) is 31.6 Å². The van der Waals surface area contributed by atoms with Crippen molar-refractivity contribution in [3.05, 3.63) is 23.8 Å². The third kappa shape index (κ3) is 2.94. The van der Waals surface area contributed by atoms with Gasteiger partial charge in [-0.15, -0.1) is 0 Å². The highest BCUT2D eigenvalue weighted by Crippen LogP contribution is 2.47. The second kappa shape index (κ2) is 7.23. The topological polar surface area (TPSA) is 90.7 Å². The van der Waals surface area contributed by atoms with Crippen LogP contribution in [-0.2, 0) is 25.2 Å². The molecule has 8 heteroatoms. The molecular formula is C19H25N3O4S. The first kappa shape index (κ1) is 19.8. The highest BCUT2D eigenvalue weighted by Gasteiger charge is 2.54. The number of fused-ring (bicyclic) bond motifs is 1. The van der Waals surface area contributed by atoms with E-state index in [1.807, 2.05) is 13.8 Å². The quantitative estimate of drug-likeness (QED) is 0.742. The lowest BCUT2D eigenvalue weighted by Gasteiger charge is -2.31. The van der Waals surface area contributed by atoms with Crippen molar-refractivity contribution >= 4 is 21.6 Å². The van der Waals surface area contributed by atoms with Crippen LogP contribution in [0.2, 0.25) is 0 Å². The number of nitrogens with zero attached hydrogens (tertiary/aromatic N) is 3. The van der Waals surface area contributed by atoms with E-state index in [9.17, 15) is 13.2 Å². The monoisotopic (exact) mass is 391 g/mol. The molecular weight excluding hydrogens is 366 g/mol. The lowest BCUT2D eigenvalue weighted by atomic mass is 9.84. The molecule has 1 unspecified atom stereocenters. The number of nitriles is 1. The Bertz CT molecular complexity index is 885. The largest absolute Gasteiger partial charge is 0.363 e. The highest BCUT2D eigenvalue weighted by molar-refractivity contribution is 7.89. The van der Waals surface area contributed by atoms with Gasteiger partial charge in [0.05, 0.1) is 23.1 Å². The number of benzene rings is 1. The molecule has 27 heavy (non-hydrogen) atoms. The third-order valence-electron chi connectivity index (χ3n) is 5.51. The Morgan fingerprint density at radius 2 is 1.96 bits per heavy atom. The first-order valence-corrected chi connectivity index (χ1v) is 10.6. The van der Waals surface area contributed by atoms with Gasteiger partial charge in [-0.1, -0.05) is 13.8 Å². The van der Waals surface area contributed by atoms with Crippen LogP contribution in [0.5, 0.6) is 0 Å². The van der Waals surface area contributed by atoms with Gasteiger partial charge >= 0.3 is 0 Å². The van der Waals surface area contributed by atoms with Crippen LogP contribution >= 0.6 is 0 Å². The molecule has 3 rings (SSSR count). The number of ether oxygens (including phenoxy) is 1. The number of sulfonamides is 1. The van der Waals surface area contributed by atoms with Crippen molar-refractivity contribution in [2.24, 2.45) is 5.92 Å². The molecule has 2 aliphatic rings. The van der Waals surface area contributed by atoms with E-state index in [1.165, 1.54) is 16.3 Å². The summed E-state index contributed by atoms with van der Waals surface area (Å²) in [5.74, 6) is -0.452. The maximum atomic E-state index is 13.2. The summed E-state index contributed by atoms with van der Waals surface area (Å²) >= 11 is 0. The van der Waals surface area contributed by atoms with Crippen LogP contribution in [0.3, 0.4) is 0 Å². The molecule has 1 atom stereocenters. The van der Waals surface area contributed by atoms with E-state index in [0.717, 1.165) is 12.8 Å². The van der Waals surface area contributed by atoms with Gasteiger partial charge in [-0.25, -0.2) is 8.42 Å². The van der Waals surface area contributed by atoms with Crippen LogP contribution in [0, 0.1) is 17.2 Å². The van der Waals surface area contributed by atoms with Crippen LogP contribution in [0.1, 0.15) is 38.7 Å². The predicted molar refractivity (Wildman–Crippen MR) is 101 cm³/mol. The van der Waals surface area contributed by atoms with Gasteiger partial charge in [0, 0.05) is 32.3 Å². The molecule has 146 valence electrons. The van der Waals surface area contributed by atoms with Crippen molar-refractivity contribution in [1.29, 1.82) is 5.26 Å². The molecule has 1 fully saturated rings.